The van der Waals surface area contributed by atoms with E-state index in [0.29, 0.717) is 11.4 Å². The van der Waals surface area contributed by atoms with E-state index in [0.717, 1.165) is 22.2 Å². The van der Waals surface area contributed by atoms with Crippen LogP contribution in [0.25, 0.3) is 10.9 Å². The number of hydrogen-bond acceptors (Lipinski definition) is 4. The maximum absolute atomic E-state index is 9.13. The van der Waals surface area contributed by atoms with Crippen LogP contribution in [0, 0.1) is 18.3 Å². The molecule has 3 rings (SSSR count). The van der Waals surface area contributed by atoms with Crippen LogP contribution in [0.5, 0.6) is 0 Å². The van der Waals surface area contributed by atoms with Crippen molar-refractivity contribution in [3.05, 3.63) is 59.9 Å². The third kappa shape index (κ3) is 2.17. The largest absolute Gasteiger partial charge is 0.339 e. The Labute approximate surface area is 116 Å². The Kier molecular flexibility index (Phi) is 3.02. The van der Waals surface area contributed by atoms with Gasteiger partial charge in [-0.15, -0.1) is 0 Å². The van der Waals surface area contributed by atoms with Gasteiger partial charge in [0.15, 0.2) is 0 Å². The van der Waals surface area contributed by atoms with Crippen LogP contribution in [-0.4, -0.2) is 9.97 Å². The summed E-state index contributed by atoms with van der Waals surface area (Å²) in [5, 5.41) is 13.3. The smallest absolute Gasteiger partial charge is 0.141 e. The van der Waals surface area contributed by atoms with Crippen LogP contribution in [0.4, 0.5) is 11.5 Å². The molecule has 0 amide bonds. The third-order valence-corrected chi connectivity index (χ3v) is 3.09. The molecule has 0 saturated carbocycles. The fraction of sp³-hybridized carbons (Fsp3) is 0.0625. The minimum atomic E-state index is 0.590. The number of fused-ring (bicyclic) bond motifs is 1. The summed E-state index contributed by atoms with van der Waals surface area (Å²) in [6.45, 7) is 2.03. The van der Waals surface area contributed by atoms with Crippen LogP contribution in [0.3, 0.4) is 0 Å². The predicted octanol–water partition coefficient (Wildman–Crippen LogP) is 3.55. The summed E-state index contributed by atoms with van der Waals surface area (Å²) in [6, 6.07) is 15.6. The lowest BCUT2D eigenvalue weighted by Gasteiger charge is -2.09. The molecule has 3 aromatic rings. The Morgan fingerprint density at radius 3 is 2.80 bits per heavy atom. The Morgan fingerprint density at radius 2 is 1.95 bits per heavy atom. The van der Waals surface area contributed by atoms with Crippen molar-refractivity contribution in [1.82, 2.24) is 9.97 Å². The number of nitrogens with one attached hydrogen (secondary N) is 1. The number of para-hydroxylation sites is 1. The molecule has 4 nitrogen and oxygen atoms in total. The molecule has 0 aliphatic carbocycles. The topological polar surface area (TPSA) is 61.6 Å². The van der Waals surface area contributed by atoms with Crippen molar-refractivity contribution in [3.8, 4) is 6.07 Å². The SMILES string of the molecule is Cc1ccc2ncnc(Nc3ccccc3C#N)c2c1. The molecule has 20 heavy (non-hydrogen) atoms. The van der Waals surface area contributed by atoms with E-state index in [9.17, 15) is 0 Å². The van der Waals surface area contributed by atoms with Crippen molar-refractivity contribution in [2.24, 2.45) is 0 Å². The van der Waals surface area contributed by atoms with Crippen molar-refractivity contribution in [1.29, 1.82) is 5.26 Å². The normalized spacial score (nSPS) is 10.2. The number of rotatable bonds is 2. The second-order valence-corrected chi connectivity index (χ2v) is 4.53. The van der Waals surface area contributed by atoms with Gasteiger partial charge in [0.1, 0.15) is 18.2 Å². The Hall–Kier alpha value is -2.93. The molecule has 0 fully saturated rings. The number of aryl methyl sites for hydroxylation is 1. The predicted molar refractivity (Wildman–Crippen MR) is 78.7 cm³/mol. The van der Waals surface area contributed by atoms with Crippen molar-refractivity contribution < 1.29 is 0 Å². The van der Waals surface area contributed by atoms with Crippen molar-refractivity contribution in [2.75, 3.05) is 5.32 Å². The zero-order valence-electron chi connectivity index (χ0n) is 11.0. The van der Waals surface area contributed by atoms with E-state index in [1.807, 2.05) is 43.3 Å². The molecule has 0 atom stereocenters. The van der Waals surface area contributed by atoms with Gasteiger partial charge in [-0.1, -0.05) is 23.8 Å². The molecule has 0 bridgehead atoms. The van der Waals surface area contributed by atoms with Gasteiger partial charge in [0.25, 0.3) is 0 Å². The Balaban J connectivity index is 2.11. The third-order valence-electron chi connectivity index (χ3n) is 3.09. The lowest BCUT2D eigenvalue weighted by Crippen LogP contribution is -1.98. The number of nitriles is 1. The standard InChI is InChI=1S/C16H12N4/c1-11-6-7-15-13(8-11)16(19-10-18-15)20-14-5-3-2-4-12(14)9-17/h2-8,10H,1H3,(H,18,19,20). The van der Waals surface area contributed by atoms with Crippen LogP contribution < -0.4 is 5.32 Å². The molecular weight excluding hydrogens is 248 g/mol. The molecule has 4 heteroatoms. The number of nitrogens with zero attached hydrogens (tertiary/aromatic N) is 3. The van der Waals surface area contributed by atoms with Gasteiger partial charge in [0.2, 0.25) is 0 Å². The summed E-state index contributed by atoms with van der Waals surface area (Å²) in [7, 11) is 0. The number of aromatic nitrogens is 2. The first kappa shape index (κ1) is 12.1. The lowest BCUT2D eigenvalue weighted by molar-refractivity contribution is 1.21. The zero-order chi connectivity index (χ0) is 13.9. The van der Waals surface area contributed by atoms with Gasteiger partial charge in [-0.25, -0.2) is 9.97 Å². The number of anilines is 2. The zero-order valence-corrected chi connectivity index (χ0v) is 11.0. The molecule has 0 saturated heterocycles. The van der Waals surface area contributed by atoms with E-state index in [1.165, 1.54) is 6.33 Å². The highest BCUT2D eigenvalue weighted by molar-refractivity contribution is 5.91. The Morgan fingerprint density at radius 1 is 1.10 bits per heavy atom. The highest BCUT2D eigenvalue weighted by atomic mass is 15.0. The monoisotopic (exact) mass is 260 g/mol. The van der Waals surface area contributed by atoms with Gasteiger partial charge in [0.05, 0.1) is 16.8 Å². The summed E-state index contributed by atoms with van der Waals surface area (Å²) in [5.41, 5.74) is 3.36. The van der Waals surface area contributed by atoms with Gasteiger partial charge in [0, 0.05) is 5.39 Å². The molecule has 96 valence electrons. The highest BCUT2D eigenvalue weighted by Gasteiger charge is 2.06. The molecule has 0 spiro atoms. The minimum absolute atomic E-state index is 0.590. The maximum Gasteiger partial charge on any atom is 0.141 e. The minimum Gasteiger partial charge on any atom is -0.339 e. The first-order chi connectivity index (χ1) is 9.78. The van der Waals surface area contributed by atoms with Crippen molar-refractivity contribution in [2.45, 2.75) is 6.92 Å². The fourth-order valence-corrected chi connectivity index (χ4v) is 2.09. The first-order valence-corrected chi connectivity index (χ1v) is 6.25. The second kappa shape index (κ2) is 4.98. The number of benzene rings is 2. The molecule has 1 heterocycles. The molecule has 0 unspecified atom stereocenters. The Bertz CT molecular complexity index is 818. The summed E-state index contributed by atoms with van der Waals surface area (Å²) in [4.78, 5) is 8.54. The van der Waals surface area contributed by atoms with Crippen LogP contribution in [0.15, 0.2) is 48.8 Å². The van der Waals surface area contributed by atoms with Crippen molar-refractivity contribution >= 4 is 22.4 Å². The van der Waals surface area contributed by atoms with Crippen LogP contribution in [0.2, 0.25) is 0 Å². The number of hydrogen-bond donors (Lipinski definition) is 1. The van der Waals surface area contributed by atoms with E-state index >= 15 is 0 Å². The molecular formula is C16H12N4. The van der Waals surface area contributed by atoms with Crippen LogP contribution >= 0.6 is 0 Å². The van der Waals surface area contributed by atoms with E-state index in [1.54, 1.807) is 6.07 Å². The van der Waals surface area contributed by atoms with Gasteiger partial charge in [-0.2, -0.15) is 5.26 Å². The molecule has 1 aromatic heterocycles. The molecule has 1 N–H and O–H groups in total. The summed E-state index contributed by atoms with van der Waals surface area (Å²) >= 11 is 0. The van der Waals surface area contributed by atoms with Gasteiger partial charge in [-0.05, 0) is 31.2 Å². The summed E-state index contributed by atoms with van der Waals surface area (Å²) < 4.78 is 0. The summed E-state index contributed by atoms with van der Waals surface area (Å²) in [6.07, 6.45) is 1.52. The quantitative estimate of drug-likeness (QED) is 0.765. The molecule has 2 aromatic carbocycles. The van der Waals surface area contributed by atoms with Gasteiger partial charge < -0.3 is 5.32 Å². The van der Waals surface area contributed by atoms with Gasteiger partial charge >= 0.3 is 0 Å². The second-order valence-electron chi connectivity index (χ2n) is 4.53. The molecule has 0 radical (unpaired) electrons. The van der Waals surface area contributed by atoms with E-state index in [2.05, 4.69) is 21.4 Å². The fourth-order valence-electron chi connectivity index (χ4n) is 2.09. The average Bonchev–Trinajstić information content (AvgIpc) is 2.48. The van der Waals surface area contributed by atoms with E-state index in [-0.39, 0.29) is 0 Å². The van der Waals surface area contributed by atoms with Crippen LogP contribution in [-0.2, 0) is 0 Å². The molecule has 0 aliphatic rings. The van der Waals surface area contributed by atoms with Gasteiger partial charge in [-0.3, -0.25) is 0 Å². The lowest BCUT2D eigenvalue weighted by atomic mass is 10.1. The van der Waals surface area contributed by atoms with E-state index in [4.69, 9.17) is 5.26 Å². The van der Waals surface area contributed by atoms with Crippen molar-refractivity contribution in [3.63, 3.8) is 0 Å². The first-order valence-electron chi connectivity index (χ1n) is 6.25. The average molecular weight is 260 g/mol. The molecule has 0 aliphatic heterocycles. The maximum atomic E-state index is 9.13. The van der Waals surface area contributed by atoms with Crippen LogP contribution in [0.1, 0.15) is 11.1 Å². The summed E-state index contributed by atoms with van der Waals surface area (Å²) in [5.74, 6) is 0.710. The van der Waals surface area contributed by atoms with E-state index < -0.39 is 0 Å². The highest BCUT2D eigenvalue weighted by Crippen LogP contribution is 2.25.